The van der Waals surface area contributed by atoms with Crippen molar-refractivity contribution in [2.45, 2.75) is 11.7 Å². The topological polar surface area (TPSA) is 26.3 Å². The normalized spacial score (nSPS) is 10.8. The summed E-state index contributed by atoms with van der Waals surface area (Å²) in [4.78, 5) is 10.9. The molecule has 0 aromatic rings. The quantitative estimate of drug-likeness (QED) is 0.338. The summed E-state index contributed by atoms with van der Waals surface area (Å²) < 4.78 is 4.72. The van der Waals surface area contributed by atoms with Gasteiger partial charge in [-0.05, 0) is 6.42 Å². The number of rotatable bonds is 5. The summed E-state index contributed by atoms with van der Waals surface area (Å²) in [6.45, 7) is 7.15. The van der Waals surface area contributed by atoms with E-state index in [1.165, 1.54) is 6.08 Å². The Morgan fingerprint density at radius 3 is 2.50 bits per heavy atom. The van der Waals surface area contributed by atoms with Gasteiger partial charge in [-0.2, -0.15) is 12.6 Å². The molecule has 0 aliphatic heterocycles. The number of ether oxygens (including phenoxy) is 1. The Bertz CT molecular complexity index is 159. The van der Waals surface area contributed by atoms with Crippen LogP contribution in [0.4, 0.5) is 0 Å². The maximum absolute atomic E-state index is 10.9. The van der Waals surface area contributed by atoms with Gasteiger partial charge in [0.15, 0.2) is 0 Å². The Labute approximate surface area is 95.4 Å². The van der Waals surface area contributed by atoms with Crippen molar-refractivity contribution in [2.24, 2.45) is 0 Å². The number of allylic oxidation sites excluding steroid dienone is 1. The number of hydrogen-bond donors (Lipinski definition) is 1. The van der Waals surface area contributed by atoms with Crippen molar-refractivity contribution in [1.82, 2.24) is 0 Å². The van der Waals surface area contributed by atoms with Gasteiger partial charge in [-0.25, -0.2) is 0 Å². The van der Waals surface area contributed by atoms with Crippen molar-refractivity contribution in [2.75, 3.05) is 6.61 Å². The van der Waals surface area contributed by atoms with E-state index < -0.39 is 5.25 Å². The van der Waals surface area contributed by atoms with E-state index in [0.717, 1.165) is 0 Å². The summed E-state index contributed by atoms with van der Waals surface area (Å²) in [5.74, 6) is -0.326. The molecule has 0 aliphatic carbocycles. The summed E-state index contributed by atoms with van der Waals surface area (Å²) in [7, 11) is 0. The molecule has 0 bridgehead atoms. The first-order chi connectivity index (χ1) is 5.22. The molecule has 0 saturated carbocycles. The second-order valence-electron chi connectivity index (χ2n) is 1.96. The van der Waals surface area contributed by atoms with Gasteiger partial charge < -0.3 is 4.74 Å². The van der Waals surface area contributed by atoms with Crippen LogP contribution in [-0.4, -0.2) is 41.7 Å². The third kappa shape index (κ3) is 6.79. The van der Waals surface area contributed by atoms with Crippen molar-refractivity contribution in [3.8, 4) is 0 Å². The molecule has 0 aromatic heterocycles. The maximum atomic E-state index is 10.9. The van der Waals surface area contributed by atoms with Gasteiger partial charge in [0.1, 0.15) is 11.9 Å². The van der Waals surface area contributed by atoms with Crippen LogP contribution in [0.5, 0.6) is 0 Å². The zero-order chi connectivity index (χ0) is 8.69. The predicted octanol–water partition coefficient (Wildman–Crippen LogP) is 0.138. The third-order valence-corrected chi connectivity index (χ3v) is 1.43. The van der Waals surface area contributed by atoms with Gasteiger partial charge in [0.2, 0.25) is 0 Å². The standard InChI is InChI=1S/C8H12O2S.Sn.4H/c1-3-5-7(11)8(9)10-6-4-2;;;;;/h3-4,7,11H,1-2,5-6H2;;;;;. The molecule has 0 N–H and O–H groups in total. The molecule has 0 fully saturated rings. The van der Waals surface area contributed by atoms with E-state index in [0.29, 0.717) is 6.42 Å². The number of carbonyl (C=O) groups excluding carboxylic acids is 1. The van der Waals surface area contributed by atoms with Crippen LogP contribution in [0, 0.1) is 0 Å². The predicted molar refractivity (Wildman–Crippen MR) is 60.1 cm³/mol. The molecule has 0 rings (SSSR count). The first kappa shape index (κ1) is 14.6. The molecule has 0 saturated heterocycles. The first-order valence-electron chi connectivity index (χ1n) is 3.29. The van der Waals surface area contributed by atoms with E-state index in [4.69, 9.17) is 4.74 Å². The summed E-state index contributed by atoms with van der Waals surface area (Å²) in [6.07, 6.45) is 3.68. The zero-order valence-corrected chi connectivity index (χ0v) is 7.22. The molecule has 0 spiro atoms. The Kier molecular flexibility index (Phi) is 11.2. The molecule has 4 heteroatoms. The molecular weight excluding hydrogens is 279 g/mol. The summed E-state index contributed by atoms with van der Waals surface area (Å²) in [5, 5.41) is -0.396. The Hall–Kier alpha value is 0.0987. The van der Waals surface area contributed by atoms with E-state index in [2.05, 4.69) is 25.8 Å². The van der Waals surface area contributed by atoms with E-state index in [-0.39, 0.29) is 36.5 Å². The van der Waals surface area contributed by atoms with Crippen LogP contribution in [0.1, 0.15) is 6.42 Å². The van der Waals surface area contributed by atoms with Crippen molar-refractivity contribution in [3.05, 3.63) is 25.3 Å². The summed E-state index contributed by atoms with van der Waals surface area (Å²) in [5.41, 5.74) is 0. The van der Waals surface area contributed by atoms with Crippen molar-refractivity contribution < 1.29 is 9.53 Å². The van der Waals surface area contributed by atoms with Gasteiger partial charge in [-0.15, -0.1) is 6.58 Å². The van der Waals surface area contributed by atoms with Gasteiger partial charge in [-0.3, -0.25) is 4.79 Å². The molecular formula is C8H16O2SSn. The zero-order valence-electron chi connectivity index (χ0n) is 6.32. The average molecular weight is 295 g/mol. The minimum absolute atomic E-state index is 0. The average Bonchev–Trinajstić information content (AvgIpc) is 2.00. The fourth-order valence-corrected chi connectivity index (χ4v) is 0.715. The molecule has 70 valence electrons. The van der Waals surface area contributed by atoms with Crippen LogP contribution in [0.2, 0.25) is 0 Å². The Balaban J connectivity index is 0. The van der Waals surface area contributed by atoms with Crippen LogP contribution in [-0.2, 0) is 9.53 Å². The summed E-state index contributed by atoms with van der Waals surface area (Å²) >= 11 is 4.00. The Morgan fingerprint density at radius 1 is 1.50 bits per heavy atom. The van der Waals surface area contributed by atoms with Crippen LogP contribution in [0.15, 0.2) is 25.3 Å². The molecule has 1 atom stereocenters. The molecule has 0 aromatic carbocycles. The fourth-order valence-electron chi connectivity index (χ4n) is 0.491. The monoisotopic (exact) mass is 296 g/mol. The molecule has 1 unspecified atom stereocenters. The minimum atomic E-state index is -0.396. The SMILES string of the molecule is C=CCOC(=O)C(S)CC=C.[SnH4]. The van der Waals surface area contributed by atoms with Gasteiger partial charge in [0.25, 0.3) is 0 Å². The van der Waals surface area contributed by atoms with Crippen molar-refractivity contribution in [1.29, 1.82) is 0 Å². The van der Waals surface area contributed by atoms with E-state index >= 15 is 0 Å². The van der Waals surface area contributed by atoms with E-state index in [1.807, 2.05) is 0 Å². The Morgan fingerprint density at radius 2 is 2.08 bits per heavy atom. The summed E-state index contributed by atoms with van der Waals surface area (Å²) in [6, 6.07) is 0. The molecule has 0 amide bonds. The van der Waals surface area contributed by atoms with Gasteiger partial charge in [-0.1, -0.05) is 18.7 Å². The molecule has 0 aliphatic rings. The van der Waals surface area contributed by atoms with Crippen molar-refractivity contribution >= 4 is 42.5 Å². The van der Waals surface area contributed by atoms with Crippen LogP contribution in [0.25, 0.3) is 0 Å². The number of hydrogen-bond acceptors (Lipinski definition) is 3. The third-order valence-electron chi connectivity index (χ3n) is 1.01. The molecule has 2 nitrogen and oxygen atoms in total. The second kappa shape index (κ2) is 9.19. The van der Waals surface area contributed by atoms with Crippen LogP contribution in [0.3, 0.4) is 0 Å². The van der Waals surface area contributed by atoms with Crippen LogP contribution >= 0.6 is 12.6 Å². The first-order valence-corrected chi connectivity index (χ1v) is 3.80. The van der Waals surface area contributed by atoms with E-state index in [1.54, 1.807) is 6.08 Å². The van der Waals surface area contributed by atoms with E-state index in [9.17, 15) is 4.79 Å². The fraction of sp³-hybridized carbons (Fsp3) is 0.375. The number of esters is 1. The number of carbonyl (C=O) groups is 1. The molecule has 0 heterocycles. The molecule has 12 heavy (non-hydrogen) atoms. The number of thiol groups is 1. The second-order valence-corrected chi connectivity index (χ2v) is 2.58. The van der Waals surface area contributed by atoms with Gasteiger partial charge in [0, 0.05) is 0 Å². The van der Waals surface area contributed by atoms with Crippen LogP contribution < -0.4 is 0 Å². The van der Waals surface area contributed by atoms with Gasteiger partial charge >= 0.3 is 29.9 Å². The molecule has 0 radical (unpaired) electrons. The van der Waals surface area contributed by atoms with Gasteiger partial charge in [0.05, 0.1) is 0 Å². The van der Waals surface area contributed by atoms with Crippen molar-refractivity contribution in [3.63, 3.8) is 0 Å².